The average molecular weight is 371 g/mol. The van der Waals surface area contributed by atoms with Crippen molar-refractivity contribution in [1.82, 2.24) is 14.9 Å². The molecule has 21 heavy (non-hydrogen) atoms. The van der Waals surface area contributed by atoms with Gasteiger partial charge in [0, 0.05) is 19.6 Å². The first kappa shape index (κ1) is 14.9. The summed E-state index contributed by atoms with van der Waals surface area (Å²) < 4.78 is 8.57. The van der Waals surface area contributed by atoms with Crippen molar-refractivity contribution in [1.29, 1.82) is 0 Å². The molecule has 0 radical (unpaired) electrons. The third kappa shape index (κ3) is 3.78. The van der Waals surface area contributed by atoms with Crippen molar-refractivity contribution in [2.45, 2.75) is 32.0 Å². The van der Waals surface area contributed by atoms with Gasteiger partial charge < -0.3 is 14.6 Å². The molecule has 112 valence electrons. The minimum atomic E-state index is 0.390. The minimum absolute atomic E-state index is 0.390. The molecule has 0 bridgehead atoms. The van der Waals surface area contributed by atoms with Crippen LogP contribution >= 0.6 is 27.5 Å². The van der Waals surface area contributed by atoms with E-state index in [1.807, 2.05) is 17.7 Å². The Hall–Kier alpha value is -1.04. The van der Waals surface area contributed by atoms with Crippen LogP contribution in [0.25, 0.3) is 0 Å². The normalized spacial score (nSPS) is 14.4. The van der Waals surface area contributed by atoms with Gasteiger partial charge in [-0.3, -0.25) is 0 Å². The number of nitrogens with zero attached hydrogens (tertiary/aromatic N) is 2. The number of nitrogens with one attached hydrogen (secondary N) is 1. The molecule has 1 aromatic carbocycles. The first-order chi connectivity index (χ1) is 10.1. The van der Waals surface area contributed by atoms with E-state index in [9.17, 15) is 0 Å². The summed E-state index contributed by atoms with van der Waals surface area (Å²) in [6.07, 6.45) is 4.23. The lowest BCUT2D eigenvalue weighted by molar-refractivity contribution is 0.290. The van der Waals surface area contributed by atoms with E-state index in [-0.39, 0.29) is 0 Å². The van der Waals surface area contributed by atoms with Gasteiger partial charge in [-0.25, -0.2) is 4.98 Å². The summed E-state index contributed by atoms with van der Waals surface area (Å²) in [6.45, 7) is 1.29. The molecule has 1 aromatic heterocycles. The van der Waals surface area contributed by atoms with Gasteiger partial charge in [0.2, 0.25) is 0 Å². The maximum absolute atomic E-state index is 5.96. The van der Waals surface area contributed by atoms with E-state index < -0.39 is 0 Å². The zero-order chi connectivity index (χ0) is 14.8. The lowest BCUT2D eigenvalue weighted by Gasteiger charge is -2.10. The topological polar surface area (TPSA) is 39.1 Å². The standard InChI is InChI=1S/C15H17BrClN3O/c1-20-14(17)8-19-15(20)9-21-13-5-2-10(6-12(13)16)7-18-11-3-4-11/h2,5-6,8,11,18H,3-4,7,9H2,1H3. The molecule has 1 heterocycles. The number of aromatic nitrogens is 2. The van der Waals surface area contributed by atoms with Crippen molar-refractivity contribution in [3.05, 3.63) is 45.4 Å². The van der Waals surface area contributed by atoms with Crippen LogP contribution in [0, 0.1) is 0 Å². The van der Waals surface area contributed by atoms with Gasteiger partial charge in [0.1, 0.15) is 23.3 Å². The number of ether oxygens (including phenoxy) is 1. The van der Waals surface area contributed by atoms with Crippen LogP contribution in [0.4, 0.5) is 0 Å². The van der Waals surface area contributed by atoms with Gasteiger partial charge >= 0.3 is 0 Å². The van der Waals surface area contributed by atoms with Crippen molar-refractivity contribution in [2.75, 3.05) is 0 Å². The van der Waals surface area contributed by atoms with Crippen LogP contribution in [0.5, 0.6) is 5.75 Å². The zero-order valence-corrected chi connectivity index (χ0v) is 14.1. The largest absolute Gasteiger partial charge is 0.484 e. The smallest absolute Gasteiger partial charge is 0.147 e. The molecule has 0 saturated heterocycles. The summed E-state index contributed by atoms with van der Waals surface area (Å²) in [5, 5.41) is 4.10. The lowest BCUT2D eigenvalue weighted by atomic mass is 10.2. The molecule has 4 nitrogen and oxygen atoms in total. The van der Waals surface area contributed by atoms with Gasteiger partial charge in [-0.1, -0.05) is 17.7 Å². The quantitative estimate of drug-likeness (QED) is 0.843. The third-order valence-electron chi connectivity index (χ3n) is 3.55. The molecule has 1 aliphatic rings. The van der Waals surface area contributed by atoms with E-state index in [1.165, 1.54) is 18.4 Å². The minimum Gasteiger partial charge on any atom is -0.484 e. The number of halogens is 2. The molecule has 0 atom stereocenters. The molecule has 1 aliphatic carbocycles. The van der Waals surface area contributed by atoms with E-state index in [1.54, 1.807) is 6.20 Å². The lowest BCUT2D eigenvalue weighted by Crippen LogP contribution is -2.15. The van der Waals surface area contributed by atoms with E-state index in [0.29, 0.717) is 17.8 Å². The van der Waals surface area contributed by atoms with Crippen LogP contribution in [-0.2, 0) is 20.2 Å². The van der Waals surface area contributed by atoms with E-state index >= 15 is 0 Å². The van der Waals surface area contributed by atoms with E-state index in [0.717, 1.165) is 22.6 Å². The number of imidazole rings is 1. The van der Waals surface area contributed by atoms with Crippen molar-refractivity contribution >= 4 is 27.5 Å². The average Bonchev–Trinajstić information content (AvgIpc) is 3.25. The summed E-state index contributed by atoms with van der Waals surface area (Å²) >= 11 is 9.52. The van der Waals surface area contributed by atoms with Crippen molar-refractivity contribution < 1.29 is 4.74 Å². The maximum atomic E-state index is 5.96. The summed E-state index contributed by atoms with van der Waals surface area (Å²) in [7, 11) is 1.87. The first-order valence-corrected chi connectivity index (χ1v) is 8.11. The zero-order valence-electron chi connectivity index (χ0n) is 11.8. The molecule has 3 rings (SSSR count). The Bertz CT molecular complexity index is 640. The highest BCUT2D eigenvalue weighted by Gasteiger charge is 2.20. The van der Waals surface area contributed by atoms with Crippen molar-refractivity contribution in [3.8, 4) is 5.75 Å². The van der Waals surface area contributed by atoms with Gasteiger partial charge in [0.25, 0.3) is 0 Å². The Morgan fingerprint density at radius 2 is 2.29 bits per heavy atom. The highest BCUT2D eigenvalue weighted by atomic mass is 79.9. The van der Waals surface area contributed by atoms with Crippen LogP contribution in [0.2, 0.25) is 5.15 Å². The van der Waals surface area contributed by atoms with Crippen molar-refractivity contribution in [3.63, 3.8) is 0 Å². The molecule has 0 unspecified atom stereocenters. The van der Waals surface area contributed by atoms with Gasteiger partial charge in [-0.15, -0.1) is 0 Å². The summed E-state index contributed by atoms with van der Waals surface area (Å²) in [4.78, 5) is 4.21. The first-order valence-electron chi connectivity index (χ1n) is 6.94. The van der Waals surface area contributed by atoms with Gasteiger partial charge in [-0.2, -0.15) is 0 Å². The molecular weight excluding hydrogens is 354 g/mol. The summed E-state index contributed by atoms with van der Waals surface area (Å²) in [5.41, 5.74) is 1.25. The second kappa shape index (κ2) is 6.38. The Morgan fingerprint density at radius 1 is 1.48 bits per heavy atom. The molecule has 6 heteroatoms. The number of hydrogen-bond acceptors (Lipinski definition) is 3. The van der Waals surface area contributed by atoms with Crippen LogP contribution in [0.3, 0.4) is 0 Å². The van der Waals surface area contributed by atoms with Crippen LogP contribution < -0.4 is 10.1 Å². The van der Waals surface area contributed by atoms with Gasteiger partial charge in [0.15, 0.2) is 0 Å². The summed E-state index contributed by atoms with van der Waals surface area (Å²) in [6, 6.07) is 6.88. The predicted octanol–water partition coefficient (Wildman–Crippen LogP) is 3.67. The van der Waals surface area contributed by atoms with E-state index in [4.69, 9.17) is 16.3 Å². The Balaban J connectivity index is 1.61. The number of rotatable bonds is 6. The molecular formula is C15H17BrClN3O. The van der Waals surface area contributed by atoms with Gasteiger partial charge in [-0.05, 0) is 46.5 Å². The van der Waals surface area contributed by atoms with Crippen LogP contribution in [0.1, 0.15) is 24.2 Å². The SMILES string of the molecule is Cn1c(Cl)cnc1COc1ccc(CNC2CC2)cc1Br. The number of hydrogen-bond donors (Lipinski definition) is 1. The Kier molecular flexibility index (Phi) is 4.52. The second-order valence-electron chi connectivity index (χ2n) is 5.26. The number of benzene rings is 1. The third-order valence-corrected chi connectivity index (χ3v) is 4.52. The maximum Gasteiger partial charge on any atom is 0.147 e. The highest BCUT2D eigenvalue weighted by molar-refractivity contribution is 9.10. The molecule has 0 aliphatic heterocycles. The second-order valence-corrected chi connectivity index (χ2v) is 6.51. The van der Waals surface area contributed by atoms with Crippen LogP contribution in [-0.4, -0.2) is 15.6 Å². The molecule has 1 fully saturated rings. The molecule has 2 aromatic rings. The van der Waals surface area contributed by atoms with Crippen LogP contribution in [0.15, 0.2) is 28.9 Å². The summed E-state index contributed by atoms with van der Waals surface area (Å²) in [5.74, 6) is 1.61. The highest BCUT2D eigenvalue weighted by Crippen LogP contribution is 2.27. The monoisotopic (exact) mass is 369 g/mol. The predicted molar refractivity (Wildman–Crippen MR) is 86.6 cm³/mol. The fourth-order valence-electron chi connectivity index (χ4n) is 2.02. The Labute approximate surface area is 137 Å². The molecule has 1 saturated carbocycles. The molecule has 0 spiro atoms. The van der Waals surface area contributed by atoms with Gasteiger partial charge in [0.05, 0.1) is 10.7 Å². The Morgan fingerprint density at radius 3 is 2.90 bits per heavy atom. The van der Waals surface area contributed by atoms with Crippen molar-refractivity contribution in [2.24, 2.45) is 7.05 Å². The van der Waals surface area contributed by atoms with E-state index in [2.05, 4.69) is 38.4 Å². The fourth-order valence-corrected chi connectivity index (χ4v) is 2.71. The molecule has 0 amide bonds. The fraction of sp³-hybridized carbons (Fsp3) is 0.400. The molecule has 1 N–H and O–H groups in total.